The highest BCUT2D eigenvalue weighted by molar-refractivity contribution is 5.66. The standard InChI is InChI=1S/C11H18O3/c1-7-6-8(2)11(14-9(3)12)5-4-10(7)13/h4-5,7-8,10-11,13H,6H2,1-3H3/t7-,8+,10+,11-/m0/s1. The number of aliphatic hydroxyl groups excluding tert-OH is 1. The van der Waals surface area contributed by atoms with E-state index in [0.29, 0.717) is 0 Å². The Hall–Kier alpha value is -0.830. The molecule has 0 amide bonds. The highest BCUT2D eigenvalue weighted by Gasteiger charge is 2.25. The number of carbonyl (C=O) groups is 1. The Morgan fingerprint density at radius 2 is 2.00 bits per heavy atom. The molecule has 4 atom stereocenters. The van der Waals surface area contributed by atoms with Gasteiger partial charge in [0.25, 0.3) is 0 Å². The van der Waals surface area contributed by atoms with Crippen LogP contribution in [-0.2, 0) is 9.53 Å². The molecule has 0 aromatic carbocycles. The lowest BCUT2D eigenvalue weighted by molar-refractivity contribution is -0.146. The molecule has 14 heavy (non-hydrogen) atoms. The van der Waals surface area contributed by atoms with Crippen LogP contribution in [0.2, 0.25) is 0 Å². The number of hydrogen-bond acceptors (Lipinski definition) is 3. The molecule has 0 unspecified atom stereocenters. The second-order valence-electron chi connectivity index (χ2n) is 4.14. The molecule has 0 heterocycles. The molecule has 0 radical (unpaired) electrons. The lowest BCUT2D eigenvalue weighted by atomic mass is 9.93. The van der Waals surface area contributed by atoms with Crippen LogP contribution < -0.4 is 0 Å². The first-order chi connectivity index (χ1) is 6.50. The first-order valence-electron chi connectivity index (χ1n) is 5.04. The lowest BCUT2D eigenvalue weighted by Gasteiger charge is -2.21. The third kappa shape index (κ3) is 2.84. The maximum atomic E-state index is 10.8. The minimum Gasteiger partial charge on any atom is -0.458 e. The Balaban J connectivity index is 2.67. The van der Waals surface area contributed by atoms with Crippen LogP contribution in [-0.4, -0.2) is 23.3 Å². The van der Waals surface area contributed by atoms with Gasteiger partial charge in [-0.1, -0.05) is 19.9 Å². The van der Waals surface area contributed by atoms with Gasteiger partial charge in [0.1, 0.15) is 6.10 Å². The molecular formula is C11H18O3. The van der Waals surface area contributed by atoms with E-state index in [2.05, 4.69) is 0 Å². The van der Waals surface area contributed by atoms with E-state index in [1.807, 2.05) is 13.8 Å². The van der Waals surface area contributed by atoms with Gasteiger partial charge in [0.15, 0.2) is 0 Å². The fourth-order valence-electron chi connectivity index (χ4n) is 1.81. The summed E-state index contributed by atoms with van der Waals surface area (Å²) in [5.41, 5.74) is 0. The van der Waals surface area contributed by atoms with Crippen LogP contribution in [0.3, 0.4) is 0 Å². The van der Waals surface area contributed by atoms with Gasteiger partial charge in [-0.2, -0.15) is 0 Å². The summed E-state index contributed by atoms with van der Waals surface area (Å²) in [5.74, 6) is 0.222. The van der Waals surface area contributed by atoms with Gasteiger partial charge < -0.3 is 9.84 Å². The molecule has 0 saturated heterocycles. The minimum atomic E-state index is -0.419. The predicted octanol–water partition coefficient (Wildman–Crippen LogP) is 1.51. The fourth-order valence-corrected chi connectivity index (χ4v) is 1.81. The van der Waals surface area contributed by atoms with Crippen molar-refractivity contribution in [1.29, 1.82) is 0 Å². The third-order valence-corrected chi connectivity index (χ3v) is 2.69. The molecule has 3 heteroatoms. The average molecular weight is 198 g/mol. The topological polar surface area (TPSA) is 46.5 Å². The minimum absolute atomic E-state index is 0.188. The van der Waals surface area contributed by atoms with Crippen molar-refractivity contribution < 1.29 is 14.6 Å². The summed E-state index contributed by atoms with van der Waals surface area (Å²) in [4.78, 5) is 10.8. The van der Waals surface area contributed by atoms with Crippen molar-refractivity contribution in [2.75, 3.05) is 0 Å². The number of hydrogen-bond donors (Lipinski definition) is 1. The van der Waals surface area contributed by atoms with E-state index >= 15 is 0 Å². The van der Waals surface area contributed by atoms with Crippen LogP contribution in [0.25, 0.3) is 0 Å². The van der Waals surface area contributed by atoms with Gasteiger partial charge in [-0.25, -0.2) is 0 Å². The van der Waals surface area contributed by atoms with E-state index in [1.54, 1.807) is 12.2 Å². The molecule has 0 fully saturated rings. The van der Waals surface area contributed by atoms with E-state index in [-0.39, 0.29) is 23.9 Å². The number of carbonyl (C=O) groups excluding carboxylic acids is 1. The van der Waals surface area contributed by atoms with Gasteiger partial charge in [-0.05, 0) is 24.3 Å². The summed E-state index contributed by atoms with van der Waals surface area (Å²) in [7, 11) is 0. The first kappa shape index (κ1) is 11.2. The van der Waals surface area contributed by atoms with Gasteiger partial charge in [-0.3, -0.25) is 4.79 Å². The van der Waals surface area contributed by atoms with Crippen molar-refractivity contribution in [3.05, 3.63) is 12.2 Å². The molecule has 1 N–H and O–H groups in total. The van der Waals surface area contributed by atoms with Gasteiger partial charge in [0.2, 0.25) is 0 Å². The molecule has 1 aliphatic rings. The second kappa shape index (κ2) is 4.60. The number of esters is 1. The largest absolute Gasteiger partial charge is 0.458 e. The molecule has 1 rings (SSSR count). The zero-order valence-corrected chi connectivity index (χ0v) is 8.93. The summed E-state index contributed by atoms with van der Waals surface area (Å²) in [6.07, 6.45) is 3.78. The maximum absolute atomic E-state index is 10.8. The maximum Gasteiger partial charge on any atom is 0.303 e. The molecule has 0 aromatic rings. The van der Waals surface area contributed by atoms with Crippen molar-refractivity contribution in [3.8, 4) is 0 Å². The first-order valence-corrected chi connectivity index (χ1v) is 5.04. The molecule has 80 valence electrons. The van der Waals surface area contributed by atoms with E-state index < -0.39 is 6.10 Å². The van der Waals surface area contributed by atoms with E-state index in [4.69, 9.17) is 4.74 Å². The van der Waals surface area contributed by atoms with Gasteiger partial charge in [0, 0.05) is 6.92 Å². The Morgan fingerprint density at radius 3 is 2.57 bits per heavy atom. The summed E-state index contributed by atoms with van der Waals surface area (Å²) in [6, 6.07) is 0. The van der Waals surface area contributed by atoms with Crippen LogP contribution in [0.15, 0.2) is 12.2 Å². The van der Waals surface area contributed by atoms with Crippen LogP contribution in [0, 0.1) is 11.8 Å². The molecular weight excluding hydrogens is 180 g/mol. The Bertz CT molecular complexity index is 235. The summed E-state index contributed by atoms with van der Waals surface area (Å²) >= 11 is 0. The number of aliphatic hydroxyl groups is 1. The molecule has 3 nitrogen and oxygen atoms in total. The summed E-state index contributed by atoms with van der Waals surface area (Å²) in [6.45, 7) is 5.44. The average Bonchev–Trinajstić information content (AvgIpc) is 2.18. The monoisotopic (exact) mass is 198 g/mol. The van der Waals surface area contributed by atoms with Crippen molar-refractivity contribution in [3.63, 3.8) is 0 Å². The zero-order chi connectivity index (χ0) is 10.7. The molecule has 0 aromatic heterocycles. The van der Waals surface area contributed by atoms with Crippen LogP contribution in [0.5, 0.6) is 0 Å². The predicted molar refractivity (Wildman–Crippen MR) is 53.6 cm³/mol. The van der Waals surface area contributed by atoms with Gasteiger partial charge in [-0.15, -0.1) is 0 Å². The molecule has 1 aliphatic carbocycles. The molecule has 0 aliphatic heterocycles. The smallest absolute Gasteiger partial charge is 0.303 e. The van der Waals surface area contributed by atoms with E-state index in [9.17, 15) is 9.90 Å². The fraction of sp³-hybridized carbons (Fsp3) is 0.727. The van der Waals surface area contributed by atoms with E-state index in [1.165, 1.54) is 6.92 Å². The van der Waals surface area contributed by atoms with Crippen molar-refractivity contribution in [1.82, 2.24) is 0 Å². The number of rotatable bonds is 1. The highest BCUT2D eigenvalue weighted by Crippen LogP contribution is 2.25. The lowest BCUT2D eigenvalue weighted by Crippen LogP contribution is -2.23. The van der Waals surface area contributed by atoms with Crippen molar-refractivity contribution in [2.45, 2.75) is 39.4 Å². The second-order valence-corrected chi connectivity index (χ2v) is 4.14. The van der Waals surface area contributed by atoms with Gasteiger partial charge in [0.05, 0.1) is 6.10 Å². The zero-order valence-electron chi connectivity index (χ0n) is 8.93. The number of ether oxygens (including phenoxy) is 1. The third-order valence-electron chi connectivity index (χ3n) is 2.69. The SMILES string of the molecule is CC(=O)O[C@H]1C=C[C@@H](O)[C@@H](C)C[C@H]1C. The van der Waals surface area contributed by atoms with Crippen molar-refractivity contribution >= 4 is 5.97 Å². The Morgan fingerprint density at radius 1 is 1.36 bits per heavy atom. The molecule has 0 bridgehead atoms. The van der Waals surface area contributed by atoms with E-state index in [0.717, 1.165) is 6.42 Å². The van der Waals surface area contributed by atoms with Crippen LogP contribution in [0.1, 0.15) is 27.2 Å². The van der Waals surface area contributed by atoms with Crippen LogP contribution in [0.4, 0.5) is 0 Å². The van der Waals surface area contributed by atoms with Crippen LogP contribution >= 0.6 is 0 Å². The summed E-state index contributed by atoms with van der Waals surface area (Å²) in [5, 5.41) is 9.60. The Labute approximate surface area is 84.8 Å². The quantitative estimate of drug-likeness (QED) is 0.513. The molecule has 0 saturated carbocycles. The Kier molecular flexibility index (Phi) is 3.69. The van der Waals surface area contributed by atoms with Crippen molar-refractivity contribution in [2.24, 2.45) is 11.8 Å². The summed E-state index contributed by atoms with van der Waals surface area (Å²) < 4.78 is 5.14. The van der Waals surface area contributed by atoms with Gasteiger partial charge >= 0.3 is 5.97 Å². The molecule has 0 spiro atoms. The highest BCUT2D eigenvalue weighted by atomic mass is 16.5. The normalized spacial score (nSPS) is 37.7.